The van der Waals surface area contributed by atoms with Crippen LogP contribution in [0.4, 0.5) is 5.82 Å². The number of hydrogen-bond donors (Lipinski definition) is 0. The Morgan fingerprint density at radius 2 is 1.88 bits per heavy atom. The molecule has 0 unspecified atom stereocenters. The van der Waals surface area contributed by atoms with Crippen LogP contribution in [0.5, 0.6) is 0 Å². The van der Waals surface area contributed by atoms with E-state index in [9.17, 15) is 4.79 Å². The quantitative estimate of drug-likeness (QED) is 0.711. The van der Waals surface area contributed by atoms with Gasteiger partial charge in [-0.25, -0.2) is 4.98 Å². The third-order valence-corrected chi connectivity index (χ3v) is 5.53. The van der Waals surface area contributed by atoms with Gasteiger partial charge in [0, 0.05) is 49.2 Å². The first-order chi connectivity index (χ1) is 12.6. The fraction of sp³-hybridized carbons (Fsp3) is 0.316. The van der Waals surface area contributed by atoms with E-state index in [0.717, 1.165) is 40.7 Å². The van der Waals surface area contributed by atoms with E-state index in [1.165, 1.54) is 11.3 Å². The van der Waals surface area contributed by atoms with Crippen LogP contribution in [-0.4, -0.2) is 40.8 Å². The number of aromatic nitrogens is 3. The van der Waals surface area contributed by atoms with Crippen molar-refractivity contribution in [3.63, 3.8) is 0 Å². The van der Waals surface area contributed by atoms with Crippen LogP contribution < -0.4 is 10.5 Å². The monoisotopic (exact) mass is 368 g/mol. The highest BCUT2D eigenvalue weighted by Crippen LogP contribution is 2.33. The van der Waals surface area contributed by atoms with E-state index in [4.69, 9.17) is 4.74 Å². The van der Waals surface area contributed by atoms with Gasteiger partial charge in [0.25, 0.3) is 5.56 Å². The molecule has 4 heterocycles. The van der Waals surface area contributed by atoms with Crippen LogP contribution >= 0.6 is 11.3 Å². The van der Waals surface area contributed by atoms with E-state index < -0.39 is 0 Å². The first kappa shape index (κ1) is 16.9. The fourth-order valence-electron chi connectivity index (χ4n) is 3.26. The minimum Gasteiger partial charge on any atom is -0.378 e. The van der Waals surface area contributed by atoms with Gasteiger partial charge in [0.2, 0.25) is 0 Å². The van der Waals surface area contributed by atoms with Gasteiger partial charge < -0.3 is 9.64 Å². The largest absolute Gasteiger partial charge is 0.378 e. The number of anilines is 1. The Labute approximate surface area is 155 Å². The van der Waals surface area contributed by atoms with Gasteiger partial charge >= 0.3 is 0 Å². The van der Waals surface area contributed by atoms with Crippen molar-refractivity contribution in [2.75, 3.05) is 31.2 Å². The summed E-state index contributed by atoms with van der Waals surface area (Å²) < 4.78 is 7.23. The van der Waals surface area contributed by atoms with Crippen molar-refractivity contribution in [1.29, 1.82) is 0 Å². The predicted molar refractivity (Wildman–Crippen MR) is 104 cm³/mol. The smallest absolute Gasteiger partial charge is 0.262 e. The number of thiazole rings is 1. The summed E-state index contributed by atoms with van der Waals surface area (Å²) in [5.74, 6) is 0.918. The first-order valence-corrected chi connectivity index (χ1v) is 9.43. The molecule has 0 bridgehead atoms. The molecule has 0 aliphatic carbocycles. The van der Waals surface area contributed by atoms with Gasteiger partial charge in [-0.2, -0.15) is 0 Å². The van der Waals surface area contributed by atoms with Gasteiger partial charge in [0.1, 0.15) is 10.8 Å². The van der Waals surface area contributed by atoms with Crippen molar-refractivity contribution in [3.8, 4) is 21.7 Å². The van der Waals surface area contributed by atoms with Crippen molar-refractivity contribution in [1.82, 2.24) is 14.5 Å². The van der Waals surface area contributed by atoms with Gasteiger partial charge in [-0.1, -0.05) is 0 Å². The molecule has 1 aliphatic rings. The van der Waals surface area contributed by atoms with Gasteiger partial charge in [-0.15, -0.1) is 11.3 Å². The van der Waals surface area contributed by atoms with Crippen molar-refractivity contribution in [2.45, 2.75) is 6.92 Å². The Hall–Kier alpha value is -2.51. The second kappa shape index (κ2) is 7.01. The van der Waals surface area contributed by atoms with Gasteiger partial charge in [-0.05, 0) is 30.7 Å². The average molecular weight is 368 g/mol. The van der Waals surface area contributed by atoms with Crippen LogP contribution in [0.1, 0.15) is 5.69 Å². The standard InChI is InChI=1S/C19H20N4O2S/c1-13-12-26-17(21-13)16-11-15(14-3-5-20-6-4-14)18(22(2)19(16)24)23-7-9-25-10-8-23/h3-6,11-12H,7-10H2,1-2H3. The molecule has 0 saturated carbocycles. The fourth-order valence-corrected chi connectivity index (χ4v) is 4.07. The molecule has 3 aromatic rings. The van der Waals surface area contributed by atoms with E-state index in [-0.39, 0.29) is 5.56 Å². The van der Waals surface area contributed by atoms with Crippen molar-refractivity contribution >= 4 is 17.2 Å². The van der Waals surface area contributed by atoms with Crippen molar-refractivity contribution in [3.05, 3.63) is 52.0 Å². The summed E-state index contributed by atoms with van der Waals surface area (Å²) in [5.41, 5.74) is 3.58. The van der Waals surface area contributed by atoms with Crippen LogP contribution in [0.3, 0.4) is 0 Å². The Bertz CT molecular complexity index is 975. The molecule has 0 amide bonds. The Morgan fingerprint density at radius 3 is 2.54 bits per heavy atom. The molecule has 3 aromatic heterocycles. The molecule has 4 rings (SSSR count). The SMILES string of the molecule is Cc1csc(-c2cc(-c3ccncc3)c(N3CCOCC3)n(C)c2=O)n1. The molecule has 0 spiro atoms. The topological polar surface area (TPSA) is 60.2 Å². The number of nitrogens with zero attached hydrogens (tertiary/aromatic N) is 4. The molecule has 1 fully saturated rings. The maximum atomic E-state index is 13.1. The molecule has 0 radical (unpaired) electrons. The summed E-state index contributed by atoms with van der Waals surface area (Å²) >= 11 is 1.50. The highest BCUT2D eigenvalue weighted by atomic mass is 32.1. The summed E-state index contributed by atoms with van der Waals surface area (Å²) in [7, 11) is 1.84. The molecule has 1 saturated heterocycles. The summed E-state index contributed by atoms with van der Waals surface area (Å²) in [6.45, 7) is 4.80. The summed E-state index contributed by atoms with van der Waals surface area (Å²) in [6.07, 6.45) is 3.55. The van der Waals surface area contributed by atoms with Crippen LogP contribution in [0.25, 0.3) is 21.7 Å². The molecule has 0 N–H and O–H groups in total. The number of hydrogen-bond acceptors (Lipinski definition) is 6. The van der Waals surface area contributed by atoms with Crippen molar-refractivity contribution in [2.24, 2.45) is 7.05 Å². The Balaban J connectivity index is 1.95. The predicted octanol–water partition coefficient (Wildman–Crippen LogP) is 2.72. The molecule has 7 heteroatoms. The highest BCUT2D eigenvalue weighted by molar-refractivity contribution is 7.13. The molecule has 0 atom stereocenters. The number of rotatable bonds is 3. The minimum absolute atomic E-state index is 0.0290. The molecule has 134 valence electrons. The lowest BCUT2D eigenvalue weighted by atomic mass is 10.0. The zero-order valence-corrected chi connectivity index (χ0v) is 15.6. The van der Waals surface area contributed by atoms with Crippen LogP contribution in [0.2, 0.25) is 0 Å². The Morgan fingerprint density at radius 1 is 1.15 bits per heavy atom. The maximum absolute atomic E-state index is 13.1. The average Bonchev–Trinajstić information content (AvgIpc) is 3.11. The van der Waals surface area contributed by atoms with E-state index in [1.807, 2.05) is 37.6 Å². The zero-order valence-electron chi connectivity index (χ0n) is 14.8. The van der Waals surface area contributed by atoms with Gasteiger partial charge in [0.15, 0.2) is 0 Å². The molecule has 26 heavy (non-hydrogen) atoms. The minimum atomic E-state index is -0.0290. The van der Waals surface area contributed by atoms with Crippen LogP contribution in [0, 0.1) is 6.92 Å². The number of aryl methyl sites for hydroxylation is 1. The third kappa shape index (κ3) is 3.04. The van der Waals surface area contributed by atoms with Gasteiger partial charge in [0.05, 0.1) is 18.8 Å². The lowest BCUT2D eigenvalue weighted by molar-refractivity contribution is 0.122. The van der Waals surface area contributed by atoms with Crippen LogP contribution in [0.15, 0.2) is 40.8 Å². The summed E-state index contributed by atoms with van der Waals surface area (Å²) in [5, 5.41) is 2.73. The lowest BCUT2D eigenvalue weighted by Crippen LogP contribution is -2.40. The van der Waals surface area contributed by atoms with E-state index in [1.54, 1.807) is 17.0 Å². The molecule has 6 nitrogen and oxygen atoms in total. The zero-order chi connectivity index (χ0) is 18.1. The summed E-state index contributed by atoms with van der Waals surface area (Å²) in [6, 6.07) is 5.92. The number of morpholine rings is 1. The van der Waals surface area contributed by atoms with Gasteiger partial charge in [-0.3, -0.25) is 14.3 Å². The first-order valence-electron chi connectivity index (χ1n) is 8.55. The number of ether oxygens (including phenoxy) is 1. The normalized spacial score (nSPS) is 14.6. The van der Waals surface area contributed by atoms with Crippen molar-refractivity contribution < 1.29 is 4.74 Å². The summed E-state index contributed by atoms with van der Waals surface area (Å²) in [4.78, 5) is 23.9. The maximum Gasteiger partial charge on any atom is 0.262 e. The van der Waals surface area contributed by atoms with E-state index >= 15 is 0 Å². The van der Waals surface area contributed by atoms with E-state index in [0.29, 0.717) is 18.8 Å². The molecule has 1 aliphatic heterocycles. The highest BCUT2D eigenvalue weighted by Gasteiger charge is 2.22. The second-order valence-electron chi connectivity index (χ2n) is 6.29. The third-order valence-electron chi connectivity index (χ3n) is 4.53. The Kier molecular flexibility index (Phi) is 4.57. The second-order valence-corrected chi connectivity index (χ2v) is 7.15. The molecular formula is C19H20N4O2S. The lowest BCUT2D eigenvalue weighted by Gasteiger charge is -2.32. The van der Waals surface area contributed by atoms with E-state index in [2.05, 4.69) is 14.9 Å². The molecule has 0 aromatic carbocycles. The van der Waals surface area contributed by atoms with Crippen LogP contribution in [-0.2, 0) is 11.8 Å². The molecular weight excluding hydrogens is 348 g/mol. The number of pyridine rings is 2.